The Morgan fingerprint density at radius 1 is 1.21 bits per heavy atom. The fourth-order valence-corrected chi connectivity index (χ4v) is 2.54. The summed E-state index contributed by atoms with van der Waals surface area (Å²) in [4.78, 5) is 0. The van der Waals surface area contributed by atoms with E-state index in [0.29, 0.717) is 6.54 Å². The summed E-state index contributed by atoms with van der Waals surface area (Å²) in [5, 5.41) is 16.8. The van der Waals surface area contributed by atoms with Gasteiger partial charge in [-0.15, -0.1) is 0 Å². The molecule has 0 aliphatic heterocycles. The van der Waals surface area contributed by atoms with Gasteiger partial charge in [0, 0.05) is 6.54 Å². The van der Waals surface area contributed by atoms with Gasteiger partial charge in [0.1, 0.15) is 11.6 Å². The van der Waals surface area contributed by atoms with Crippen molar-refractivity contribution < 1.29 is 13.9 Å². The molecule has 5 heteroatoms. The Kier molecular flexibility index (Phi) is 5.01. The van der Waals surface area contributed by atoms with Crippen LogP contribution in [0.25, 0.3) is 0 Å². The molecule has 0 spiro atoms. The van der Waals surface area contributed by atoms with Gasteiger partial charge in [0.05, 0.1) is 11.7 Å². The molecule has 2 aromatic rings. The average Bonchev–Trinajstić information content (AvgIpc) is 2.87. The second-order valence-electron chi connectivity index (χ2n) is 4.24. The molecule has 0 saturated heterocycles. The fraction of sp³-hybridized carbons (Fsp3) is 0.286. The Labute approximate surface area is 114 Å². The van der Waals surface area contributed by atoms with E-state index < -0.39 is 17.7 Å². The highest BCUT2D eigenvalue weighted by molar-refractivity contribution is 7.07. The van der Waals surface area contributed by atoms with Gasteiger partial charge in [-0.2, -0.15) is 11.3 Å². The lowest BCUT2D eigenvalue weighted by atomic mass is 10.1. The SMILES string of the molecule is OC(CNCCc1ccsc1)c1c(F)cccc1F. The first-order valence-electron chi connectivity index (χ1n) is 6.02. The van der Waals surface area contributed by atoms with Crippen LogP contribution in [0.5, 0.6) is 0 Å². The topological polar surface area (TPSA) is 32.3 Å². The quantitative estimate of drug-likeness (QED) is 0.799. The molecule has 1 unspecified atom stereocenters. The van der Waals surface area contributed by atoms with Gasteiger partial charge in [-0.25, -0.2) is 8.78 Å². The zero-order chi connectivity index (χ0) is 13.7. The fourth-order valence-electron chi connectivity index (χ4n) is 1.84. The summed E-state index contributed by atoms with van der Waals surface area (Å²) in [6.45, 7) is 0.784. The predicted molar refractivity (Wildman–Crippen MR) is 72.2 cm³/mol. The molecule has 1 aromatic heterocycles. The molecule has 2 nitrogen and oxygen atoms in total. The highest BCUT2D eigenvalue weighted by Gasteiger charge is 2.16. The van der Waals surface area contributed by atoms with Crippen LogP contribution in [0.15, 0.2) is 35.0 Å². The number of aliphatic hydroxyl groups is 1. The molecule has 2 rings (SSSR count). The van der Waals surface area contributed by atoms with E-state index in [1.54, 1.807) is 11.3 Å². The van der Waals surface area contributed by atoms with Crippen LogP contribution in [0, 0.1) is 11.6 Å². The molecule has 1 atom stereocenters. The van der Waals surface area contributed by atoms with Gasteiger partial charge >= 0.3 is 0 Å². The smallest absolute Gasteiger partial charge is 0.131 e. The molecule has 0 radical (unpaired) electrons. The highest BCUT2D eigenvalue weighted by atomic mass is 32.1. The minimum Gasteiger partial charge on any atom is -0.387 e. The Morgan fingerprint density at radius 2 is 1.95 bits per heavy atom. The maximum Gasteiger partial charge on any atom is 0.131 e. The summed E-state index contributed by atoms with van der Waals surface area (Å²) in [5.74, 6) is -1.43. The van der Waals surface area contributed by atoms with Gasteiger partial charge in [-0.05, 0) is 47.5 Å². The number of rotatable bonds is 6. The van der Waals surface area contributed by atoms with E-state index in [9.17, 15) is 13.9 Å². The maximum atomic E-state index is 13.4. The van der Waals surface area contributed by atoms with Crippen molar-refractivity contribution in [1.29, 1.82) is 0 Å². The number of aliphatic hydroxyl groups excluding tert-OH is 1. The third kappa shape index (κ3) is 3.83. The second kappa shape index (κ2) is 6.75. The van der Waals surface area contributed by atoms with Gasteiger partial charge in [-0.3, -0.25) is 0 Å². The molecular formula is C14H15F2NOS. The van der Waals surface area contributed by atoms with Crippen molar-refractivity contribution in [3.05, 3.63) is 57.8 Å². The Hall–Kier alpha value is -1.30. The molecule has 0 aliphatic carbocycles. The van der Waals surface area contributed by atoms with E-state index in [2.05, 4.69) is 10.7 Å². The lowest BCUT2D eigenvalue weighted by molar-refractivity contribution is 0.165. The second-order valence-corrected chi connectivity index (χ2v) is 5.02. The average molecular weight is 283 g/mol. The third-order valence-electron chi connectivity index (χ3n) is 2.84. The molecule has 2 N–H and O–H groups in total. The Morgan fingerprint density at radius 3 is 2.58 bits per heavy atom. The largest absolute Gasteiger partial charge is 0.387 e. The first-order chi connectivity index (χ1) is 9.18. The van der Waals surface area contributed by atoms with Crippen LogP contribution < -0.4 is 5.32 Å². The number of hydrogen-bond donors (Lipinski definition) is 2. The van der Waals surface area contributed by atoms with Crippen LogP contribution in [0.1, 0.15) is 17.2 Å². The monoisotopic (exact) mass is 283 g/mol. The van der Waals surface area contributed by atoms with E-state index in [-0.39, 0.29) is 12.1 Å². The summed E-state index contributed by atoms with van der Waals surface area (Å²) >= 11 is 1.63. The van der Waals surface area contributed by atoms with Crippen LogP contribution in [-0.2, 0) is 6.42 Å². The molecule has 102 valence electrons. The highest BCUT2D eigenvalue weighted by Crippen LogP contribution is 2.19. The van der Waals surface area contributed by atoms with Crippen LogP contribution in [0.3, 0.4) is 0 Å². The van der Waals surface area contributed by atoms with Crippen LogP contribution in [0.4, 0.5) is 8.78 Å². The number of hydrogen-bond acceptors (Lipinski definition) is 3. The van der Waals surface area contributed by atoms with Crippen molar-refractivity contribution >= 4 is 11.3 Å². The maximum absolute atomic E-state index is 13.4. The van der Waals surface area contributed by atoms with E-state index in [0.717, 1.165) is 18.6 Å². The number of thiophene rings is 1. The third-order valence-corrected chi connectivity index (χ3v) is 3.57. The van der Waals surface area contributed by atoms with E-state index in [1.165, 1.54) is 11.6 Å². The minimum atomic E-state index is -1.18. The summed E-state index contributed by atoms with van der Waals surface area (Å²) in [6.07, 6.45) is -0.348. The summed E-state index contributed by atoms with van der Waals surface area (Å²) in [7, 11) is 0. The number of benzene rings is 1. The van der Waals surface area contributed by atoms with Gasteiger partial charge in [0.2, 0.25) is 0 Å². The van der Waals surface area contributed by atoms with Gasteiger partial charge < -0.3 is 10.4 Å². The lowest BCUT2D eigenvalue weighted by Gasteiger charge is -2.13. The summed E-state index contributed by atoms with van der Waals surface area (Å²) in [6, 6.07) is 5.60. The molecular weight excluding hydrogens is 268 g/mol. The van der Waals surface area contributed by atoms with Gasteiger partial charge in [-0.1, -0.05) is 6.07 Å². The van der Waals surface area contributed by atoms with Crippen LogP contribution in [0.2, 0.25) is 0 Å². The number of nitrogens with one attached hydrogen (secondary N) is 1. The first kappa shape index (κ1) is 14.1. The molecule has 1 heterocycles. The van der Waals surface area contributed by atoms with Crippen molar-refractivity contribution in [1.82, 2.24) is 5.32 Å². The van der Waals surface area contributed by atoms with Gasteiger partial charge in [0.15, 0.2) is 0 Å². The Bertz CT molecular complexity index is 496. The van der Waals surface area contributed by atoms with Crippen molar-refractivity contribution in [3.8, 4) is 0 Å². The van der Waals surface area contributed by atoms with Crippen molar-refractivity contribution in [2.45, 2.75) is 12.5 Å². The molecule has 0 bridgehead atoms. The molecule has 19 heavy (non-hydrogen) atoms. The molecule has 0 amide bonds. The van der Waals surface area contributed by atoms with E-state index in [4.69, 9.17) is 0 Å². The summed E-state index contributed by atoms with van der Waals surface area (Å²) in [5.41, 5.74) is 0.939. The van der Waals surface area contributed by atoms with Crippen molar-refractivity contribution in [2.75, 3.05) is 13.1 Å². The van der Waals surface area contributed by atoms with Gasteiger partial charge in [0.25, 0.3) is 0 Å². The zero-order valence-corrected chi connectivity index (χ0v) is 11.1. The lowest BCUT2D eigenvalue weighted by Crippen LogP contribution is -2.24. The van der Waals surface area contributed by atoms with Crippen LogP contribution >= 0.6 is 11.3 Å². The number of halogens is 2. The van der Waals surface area contributed by atoms with Crippen LogP contribution in [-0.4, -0.2) is 18.2 Å². The molecule has 0 fully saturated rings. The van der Waals surface area contributed by atoms with Crippen molar-refractivity contribution in [3.63, 3.8) is 0 Å². The minimum absolute atomic E-state index is 0.127. The standard InChI is InChI=1S/C14H15F2NOS/c15-11-2-1-3-12(16)14(11)13(18)8-17-6-4-10-5-7-19-9-10/h1-3,5,7,9,13,17-18H,4,6,8H2. The predicted octanol–water partition coefficient (Wildman–Crippen LogP) is 2.89. The molecule has 1 aromatic carbocycles. The van der Waals surface area contributed by atoms with E-state index >= 15 is 0 Å². The first-order valence-corrected chi connectivity index (χ1v) is 6.96. The normalized spacial score (nSPS) is 12.6. The molecule has 0 saturated carbocycles. The molecule has 0 aliphatic rings. The zero-order valence-electron chi connectivity index (χ0n) is 10.3. The van der Waals surface area contributed by atoms with Crippen molar-refractivity contribution in [2.24, 2.45) is 0 Å². The summed E-state index contributed by atoms with van der Waals surface area (Å²) < 4.78 is 26.8. The Balaban J connectivity index is 1.82. The van der Waals surface area contributed by atoms with E-state index in [1.807, 2.05) is 11.4 Å².